The summed E-state index contributed by atoms with van der Waals surface area (Å²) in [6.07, 6.45) is 0. The minimum absolute atomic E-state index is 0.214. The lowest BCUT2D eigenvalue weighted by molar-refractivity contribution is -0.130. The molecular formula is C20H22O4. The summed E-state index contributed by atoms with van der Waals surface area (Å²) in [5.41, 5.74) is 2.49. The Hall–Kier alpha value is -2.75. The Kier molecular flexibility index (Phi) is 6.43. The molecule has 0 fully saturated rings. The predicted molar refractivity (Wildman–Crippen MR) is 93.5 cm³/mol. The van der Waals surface area contributed by atoms with Gasteiger partial charge in [0.05, 0.1) is 13.2 Å². The zero-order valence-electron chi connectivity index (χ0n) is 14.2. The van der Waals surface area contributed by atoms with Gasteiger partial charge in [-0.05, 0) is 44.0 Å². The maximum absolute atomic E-state index is 12.2. The van der Waals surface area contributed by atoms with Crippen molar-refractivity contribution in [1.82, 2.24) is 0 Å². The number of benzene rings is 2. The van der Waals surface area contributed by atoms with Crippen molar-refractivity contribution < 1.29 is 19.0 Å². The second-order valence-corrected chi connectivity index (χ2v) is 5.06. The molecule has 2 aromatic rings. The number of hydrogen-bond donors (Lipinski definition) is 0. The molecule has 0 unspecified atom stereocenters. The van der Waals surface area contributed by atoms with Crippen LogP contribution in [0.1, 0.15) is 20.8 Å². The summed E-state index contributed by atoms with van der Waals surface area (Å²) >= 11 is 0. The monoisotopic (exact) mass is 326 g/mol. The van der Waals surface area contributed by atoms with E-state index in [1.165, 1.54) is 0 Å². The van der Waals surface area contributed by atoms with Crippen LogP contribution in [0.25, 0.3) is 11.1 Å². The molecule has 4 nitrogen and oxygen atoms in total. The number of rotatable bonds is 7. The maximum atomic E-state index is 12.2. The first kappa shape index (κ1) is 17.6. The van der Waals surface area contributed by atoms with E-state index in [1.807, 2.05) is 56.3 Å². The highest BCUT2D eigenvalue weighted by atomic mass is 16.7. The third-order valence-corrected chi connectivity index (χ3v) is 3.34. The van der Waals surface area contributed by atoms with Gasteiger partial charge in [-0.3, -0.25) is 0 Å². The Balaban J connectivity index is 2.10. The van der Waals surface area contributed by atoms with E-state index < -0.39 is 5.97 Å². The maximum Gasteiger partial charge on any atom is 0.346 e. The van der Waals surface area contributed by atoms with Crippen molar-refractivity contribution in [3.8, 4) is 16.9 Å². The average Bonchev–Trinajstić information content (AvgIpc) is 2.62. The van der Waals surface area contributed by atoms with Gasteiger partial charge in [0, 0.05) is 0 Å². The van der Waals surface area contributed by atoms with E-state index in [-0.39, 0.29) is 5.95 Å². The fraction of sp³-hybridized carbons (Fsp3) is 0.250. The first-order chi connectivity index (χ1) is 11.7. The molecule has 4 heteroatoms. The second-order valence-electron chi connectivity index (χ2n) is 5.06. The second kappa shape index (κ2) is 8.77. The van der Waals surface area contributed by atoms with Crippen molar-refractivity contribution in [3.05, 3.63) is 66.1 Å². The van der Waals surface area contributed by atoms with Gasteiger partial charge >= 0.3 is 5.97 Å². The van der Waals surface area contributed by atoms with Crippen LogP contribution in [0.5, 0.6) is 5.75 Å². The van der Waals surface area contributed by atoms with Crippen LogP contribution >= 0.6 is 0 Å². The van der Waals surface area contributed by atoms with E-state index >= 15 is 0 Å². The first-order valence-electron chi connectivity index (χ1n) is 7.99. The fourth-order valence-corrected chi connectivity index (χ4v) is 2.13. The Morgan fingerprint density at radius 2 is 1.38 bits per heavy atom. The largest absolute Gasteiger partial charge is 0.465 e. The molecular weight excluding hydrogens is 304 g/mol. The number of carbonyl (C=O) groups is 1. The third kappa shape index (κ3) is 4.62. The van der Waals surface area contributed by atoms with E-state index in [0.29, 0.717) is 24.5 Å². The van der Waals surface area contributed by atoms with Crippen LogP contribution in [-0.2, 0) is 14.3 Å². The quantitative estimate of drug-likeness (QED) is 0.324. The molecule has 2 rings (SSSR count). The van der Waals surface area contributed by atoms with Crippen LogP contribution in [0.3, 0.4) is 0 Å². The Labute approximate surface area is 142 Å². The number of hydrogen-bond acceptors (Lipinski definition) is 4. The molecule has 24 heavy (non-hydrogen) atoms. The van der Waals surface area contributed by atoms with Crippen molar-refractivity contribution >= 4 is 5.97 Å². The summed E-state index contributed by atoms with van der Waals surface area (Å²) in [5.74, 6) is 0.205. The van der Waals surface area contributed by atoms with Gasteiger partial charge in [0.25, 0.3) is 5.95 Å². The standard InChI is InChI=1S/C20H22O4/c1-4-22-20(23-5-2)15(3)19(21)24-18-13-11-17(12-14-18)16-9-7-6-8-10-16/h6-14H,4-5H2,1-3H3. The molecule has 0 aromatic heterocycles. The molecule has 0 N–H and O–H groups in total. The van der Waals surface area contributed by atoms with Gasteiger partial charge in [-0.25, -0.2) is 4.79 Å². The zero-order valence-corrected chi connectivity index (χ0v) is 14.2. The molecule has 0 bridgehead atoms. The summed E-state index contributed by atoms with van der Waals surface area (Å²) in [6, 6.07) is 17.4. The number of esters is 1. The van der Waals surface area contributed by atoms with Crippen LogP contribution in [-0.4, -0.2) is 19.2 Å². The van der Waals surface area contributed by atoms with Crippen molar-refractivity contribution in [2.24, 2.45) is 0 Å². The molecule has 0 aliphatic carbocycles. The van der Waals surface area contributed by atoms with E-state index in [9.17, 15) is 4.79 Å². The molecule has 0 spiro atoms. The highest BCUT2D eigenvalue weighted by molar-refractivity contribution is 5.89. The topological polar surface area (TPSA) is 44.8 Å². The summed E-state index contributed by atoms with van der Waals surface area (Å²) in [6.45, 7) is 6.14. The van der Waals surface area contributed by atoms with Crippen LogP contribution < -0.4 is 4.74 Å². The van der Waals surface area contributed by atoms with Crippen molar-refractivity contribution in [2.45, 2.75) is 20.8 Å². The average molecular weight is 326 g/mol. The minimum atomic E-state index is -0.487. The van der Waals surface area contributed by atoms with Gasteiger partial charge in [-0.2, -0.15) is 0 Å². The molecule has 0 aliphatic rings. The Bertz CT molecular complexity index is 679. The summed E-state index contributed by atoms with van der Waals surface area (Å²) < 4.78 is 16.1. The Morgan fingerprint density at radius 1 is 0.833 bits per heavy atom. The van der Waals surface area contributed by atoms with Crippen LogP contribution in [0.4, 0.5) is 0 Å². The molecule has 0 aliphatic heterocycles. The molecule has 0 saturated carbocycles. The number of ether oxygens (including phenoxy) is 3. The molecule has 0 saturated heterocycles. The third-order valence-electron chi connectivity index (χ3n) is 3.34. The normalized spacial score (nSPS) is 9.96. The van der Waals surface area contributed by atoms with Crippen LogP contribution in [0.15, 0.2) is 66.1 Å². The SMILES string of the molecule is CCOC(OCC)=C(C)C(=O)Oc1ccc(-c2ccccc2)cc1. The van der Waals surface area contributed by atoms with Gasteiger partial charge in [0.15, 0.2) is 0 Å². The number of carbonyl (C=O) groups excluding carboxylic acids is 1. The molecule has 2 aromatic carbocycles. The first-order valence-corrected chi connectivity index (χ1v) is 7.99. The summed E-state index contributed by atoms with van der Waals surface area (Å²) in [4.78, 5) is 12.2. The van der Waals surface area contributed by atoms with E-state index in [0.717, 1.165) is 11.1 Å². The highest BCUT2D eigenvalue weighted by Gasteiger charge is 2.16. The zero-order chi connectivity index (χ0) is 17.4. The van der Waals surface area contributed by atoms with Crippen molar-refractivity contribution in [2.75, 3.05) is 13.2 Å². The predicted octanol–water partition coefficient (Wildman–Crippen LogP) is 4.56. The minimum Gasteiger partial charge on any atom is -0.465 e. The summed E-state index contributed by atoms with van der Waals surface area (Å²) in [5, 5.41) is 0. The van der Waals surface area contributed by atoms with E-state index in [4.69, 9.17) is 14.2 Å². The van der Waals surface area contributed by atoms with Crippen LogP contribution in [0, 0.1) is 0 Å². The Morgan fingerprint density at radius 3 is 1.92 bits per heavy atom. The molecule has 0 radical (unpaired) electrons. The van der Waals surface area contributed by atoms with Crippen LogP contribution in [0.2, 0.25) is 0 Å². The lowest BCUT2D eigenvalue weighted by Gasteiger charge is -2.12. The highest BCUT2D eigenvalue weighted by Crippen LogP contribution is 2.23. The van der Waals surface area contributed by atoms with Gasteiger partial charge < -0.3 is 14.2 Å². The lowest BCUT2D eigenvalue weighted by Crippen LogP contribution is -2.14. The van der Waals surface area contributed by atoms with Gasteiger partial charge in [-0.15, -0.1) is 0 Å². The lowest BCUT2D eigenvalue weighted by atomic mass is 10.1. The van der Waals surface area contributed by atoms with Crippen molar-refractivity contribution in [3.63, 3.8) is 0 Å². The molecule has 0 amide bonds. The van der Waals surface area contributed by atoms with Gasteiger partial charge in [0.1, 0.15) is 11.3 Å². The molecule has 0 heterocycles. The van der Waals surface area contributed by atoms with Gasteiger partial charge in [0.2, 0.25) is 0 Å². The summed E-state index contributed by atoms with van der Waals surface area (Å²) in [7, 11) is 0. The van der Waals surface area contributed by atoms with E-state index in [2.05, 4.69) is 0 Å². The fourth-order valence-electron chi connectivity index (χ4n) is 2.13. The van der Waals surface area contributed by atoms with Gasteiger partial charge in [-0.1, -0.05) is 42.5 Å². The molecule has 126 valence electrons. The van der Waals surface area contributed by atoms with E-state index in [1.54, 1.807) is 19.1 Å². The molecule has 0 atom stereocenters. The van der Waals surface area contributed by atoms with Crippen molar-refractivity contribution in [1.29, 1.82) is 0 Å². The smallest absolute Gasteiger partial charge is 0.346 e.